The van der Waals surface area contributed by atoms with Crippen LogP contribution in [-0.4, -0.2) is 83.7 Å². The molecule has 2 aromatic rings. The molecule has 1 aliphatic heterocycles. The summed E-state index contributed by atoms with van der Waals surface area (Å²) >= 11 is 0. The number of ether oxygens (including phenoxy) is 3. The molecular formula is C29H40FN3O6S. The Balaban J connectivity index is 1.23. The van der Waals surface area contributed by atoms with Crippen LogP contribution in [0.5, 0.6) is 11.5 Å². The summed E-state index contributed by atoms with van der Waals surface area (Å²) in [4.78, 5) is 14.9. The standard InChI is InChI=1S/C29H40FN3O6S/c1-32(2)29(20-5-9-22(30)10-6-20)21-7-11-23(12-8-21)31-28(34)19-39-24-15-16-33(18-24)40(35,36)25-13-14-26(37-3)27(17-25)38-4/h5-6,9-10,13-14,17,21,23-24,29H,7-8,11-12,15-16,18-19H2,1-4H3,(H,31,34). The van der Waals surface area contributed by atoms with Gasteiger partial charge in [0.25, 0.3) is 0 Å². The summed E-state index contributed by atoms with van der Waals surface area (Å²) < 4.78 is 57.3. The van der Waals surface area contributed by atoms with Crippen molar-refractivity contribution in [3.05, 3.63) is 53.8 Å². The summed E-state index contributed by atoms with van der Waals surface area (Å²) in [7, 11) is 3.30. The first-order valence-electron chi connectivity index (χ1n) is 13.7. The minimum atomic E-state index is -3.74. The van der Waals surface area contributed by atoms with Gasteiger partial charge >= 0.3 is 0 Å². The highest BCUT2D eigenvalue weighted by atomic mass is 32.2. The number of nitrogens with one attached hydrogen (secondary N) is 1. The Labute approximate surface area is 236 Å². The van der Waals surface area contributed by atoms with Gasteiger partial charge in [0.15, 0.2) is 11.5 Å². The molecule has 1 saturated heterocycles. The molecular weight excluding hydrogens is 537 g/mol. The largest absolute Gasteiger partial charge is 0.493 e. The molecule has 40 heavy (non-hydrogen) atoms. The van der Waals surface area contributed by atoms with E-state index >= 15 is 0 Å². The molecule has 2 fully saturated rings. The topological polar surface area (TPSA) is 97.4 Å². The number of hydrogen-bond acceptors (Lipinski definition) is 7. The van der Waals surface area contributed by atoms with Crippen LogP contribution < -0.4 is 14.8 Å². The van der Waals surface area contributed by atoms with Crippen LogP contribution in [0, 0.1) is 11.7 Å². The number of methoxy groups -OCH3 is 2. The molecule has 0 bridgehead atoms. The van der Waals surface area contributed by atoms with Crippen molar-refractivity contribution in [1.82, 2.24) is 14.5 Å². The Morgan fingerprint density at radius 1 is 1.02 bits per heavy atom. The second kappa shape index (κ2) is 13.3. The van der Waals surface area contributed by atoms with Crippen molar-refractivity contribution in [3.8, 4) is 11.5 Å². The number of amides is 1. The van der Waals surface area contributed by atoms with Gasteiger partial charge in [-0.3, -0.25) is 4.79 Å². The van der Waals surface area contributed by atoms with Gasteiger partial charge in [0, 0.05) is 31.2 Å². The second-order valence-electron chi connectivity index (χ2n) is 10.7. The lowest BCUT2D eigenvalue weighted by molar-refractivity contribution is -0.128. The second-order valence-corrected chi connectivity index (χ2v) is 12.7. The van der Waals surface area contributed by atoms with Gasteiger partial charge in [0.2, 0.25) is 15.9 Å². The molecule has 1 saturated carbocycles. The van der Waals surface area contributed by atoms with Crippen LogP contribution in [0.2, 0.25) is 0 Å². The molecule has 0 aromatic heterocycles. The van der Waals surface area contributed by atoms with Crippen molar-refractivity contribution >= 4 is 15.9 Å². The Bertz CT molecular complexity index is 1250. The SMILES string of the molecule is COc1ccc(S(=O)(=O)N2CCC(OCC(=O)NC3CCC(C(c4ccc(F)cc4)N(C)C)CC3)C2)cc1OC. The molecule has 1 N–H and O–H groups in total. The fraction of sp³-hybridized carbons (Fsp3) is 0.552. The first kappa shape index (κ1) is 30.2. The van der Waals surface area contributed by atoms with Crippen LogP contribution in [0.25, 0.3) is 0 Å². The monoisotopic (exact) mass is 577 g/mol. The van der Waals surface area contributed by atoms with Crippen molar-refractivity contribution in [2.24, 2.45) is 5.92 Å². The third kappa shape index (κ3) is 7.12. The molecule has 2 aromatic carbocycles. The summed E-state index contributed by atoms with van der Waals surface area (Å²) in [6.45, 7) is 0.392. The summed E-state index contributed by atoms with van der Waals surface area (Å²) in [5, 5.41) is 3.08. The molecule has 2 atom stereocenters. The average Bonchev–Trinajstić information content (AvgIpc) is 3.43. The highest BCUT2D eigenvalue weighted by Gasteiger charge is 2.34. The van der Waals surface area contributed by atoms with E-state index < -0.39 is 10.0 Å². The minimum Gasteiger partial charge on any atom is -0.493 e. The van der Waals surface area contributed by atoms with Gasteiger partial charge in [0.05, 0.1) is 25.2 Å². The van der Waals surface area contributed by atoms with E-state index in [2.05, 4.69) is 10.2 Å². The Morgan fingerprint density at radius 3 is 2.33 bits per heavy atom. The maximum atomic E-state index is 13.4. The predicted octanol–water partition coefficient (Wildman–Crippen LogP) is 3.60. The number of carbonyl (C=O) groups excluding carboxylic acids is 1. The fourth-order valence-electron chi connectivity index (χ4n) is 5.87. The Kier molecular flexibility index (Phi) is 10.0. The quantitative estimate of drug-likeness (QED) is 0.436. The average molecular weight is 578 g/mol. The zero-order chi connectivity index (χ0) is 28.9. The number of halogens is 1. The highest BCUT2D eigenvalue weighted by Crippen LogP contribution is 2.37. The summed E-state index contributed by atoms with van der Waals surface area (Å²) in [5.74, 6) is 0.789. The third-order valence-electron chi connectivity index (χ3n) is 7.90. The molecule has 1 amide bonds. The number of hydrogen-bond donors (Lipinski definition) is 1. The predicted molar refractivity (Wildman–Crippen MR) is 149 cm³/mol. The summed E-state index contributed by atoms with van der Waals surface area (Å²) in [6.07, 6.45) is 3.80. The van der Waals surface area contributed by atoms with E-state index in [4.69, 9.17) is 14.2 Å². The molecule has 11 heteroatoms. The van der Waals surface area contributed by atoms with Crippen LogP contribution in [0.3, 0.4) is 0 Å². The number of nitrogens with zero attached hydrogens (tertiary/aromatic N) is 2. The van der Waals surface area contributed by atoms with Gasteiger partial charge in [0.1, 0.15) is 12.4 Å². The van der Waals surface area contributed by atoms with Crippen molar-refractivity contribution in [1.29, 1.82) is 0 Å². The van der Waals surface area contributed by atoms with Gasteiger partial charge in [-0.05, 0) is 81.9 Å². The molecule has 2 unspecified atom stereocenters. The zero-order valence-electron chi connectivity index (χ0n) is 23.6. The lowest BCUT2D eigenvalue weighted by Crippen LogP contribution is -2.42. The number of sulfonamides is 1. The highest BCUT2D eigenvalue weighted by molar-refractivity contribution is 7.89. The molecule has 220 valence electrons. The zero-order valence-corrected chi connectivity index (χ0v) is 24.5. The van der Waals surface area contributed by atoms with Crippen molar-refractivity contribution < 1.29 is 31.8 Å². The van der Waals surface area contributed by atoms with Crippen molar-refractivity contribution in [3.63, 3.8) is 0 Å². The lowest BCUT2D eigenvalue weighted by Gasteiger charge is -2.37. The molecule has 9 nitrogen and oxygen atoms in total. The van der Waals surface area contributed by atoms with Crippen LogP contribution >= 0.6 is 0 Å². The maximum absolute atomic E-state index is 13.4. The molecule has 2 aliphatic rings. The molecule has 4 rings (SSSR count). The summed E-state index contributed by atoms with van der Waals surface area (Å²) in [5.41, 5.74) is 1.10. The van der Waals surface area contributed by atoms with Crippen LogP contribution in [0.15, 0.2) is 47.4 Å². The van der Waals surface area contributed by atoms with Crippen LogP contribution in [0.4, 0.5) is 4.39 Å². The number of benzene rings is 2. The Hall–Kier alpha value is -2.73. The molecule has 0 radical (unpaired) electrons. The minimum absolute atomic E-state index is 0.0777. The van der Waals surface area contributed by atoms with Crippen molar-refractivity contribution in [2.75, 3.05) is 48.0 Å². The van der Waals surface area contributed by atoms with Gasteiger partial charge in [-0.1, -0.05) is 12.1 Å². The molecule has 0 spiro atoms. The Morgan fingerprint density at radius 2 is 1.70 bits per heavy atom. The van der Waals surface area contributed by atoms with E-state index in [1.807, 2.05) is 26.2 Å². The normalized spacial score (nSPS) is 22.7. The van der Waals surface area contributed by atoms with Crippen LogP contribution in [-0.2, 0) is 19.6 Å². The first-order valence-corrected chi connectivity index (χ1v) is 15.1. The van der Waals surface area contributed by atoms with Crippen molar-refractivity contribution in [2.45, 2.75) is 55.2 Å². The maximum Gasteiger partial charge on any atom is 0.246 e. The lowest BCUT2D eigenvalue weighted by atomic mass is 9.78. The first-order chi connectivity index (χ1) is 19.1. The number of carbonyl (C=O) groups is 1. The van der Waals surface area contributed by atoms with E-state index in [-0.39, 0.29) is 48.0 Å². The van der Waals surface area contributed by atoms with Gasteiger partial charge in [-0.15, -0.1) is 0 Å². The van der Waals surface area contributed by atoms with Gasteiger partial charge in [-0.25, -0.2) is 12.8 Å². The van der Waals surface area contributed by atoms with E-state index in [9.17, 15) is 17.6 Å². The molecule has 1 aliphatic carbocycles. The number of rotatable bonds is 11. The van der Waals surface area contributed by atoms with E-state index in [0.29, 0.717) is 30.4 Å². The van der Waals surface area contributed by atoms with E-state index in [1.165, 1.54) is 42.8 Å². The smallest absolute Gasteiger partial charge is 0.246 e. The van der Waals surface area contributed by atoms with Gasteiger partial charge < -0.3 is 24.4 Å². The third-order valence-corrected chi connectivity index (χ3v) is 9.76. The summed E-state index contributed by atoms with van der Waals surface area (Å²) in [6, 6.07) is 11.5. The van der Waals surface area contributed by atoms with Crippen LogP contribution in [0.1, 0.15) is 43.7 Å². The van der Waals surface area contributed by atoms with Gasteiger partial charge in [-0.2, -0.15) is 4.31 Å². The molecule has 1 heterocycles. The van der Waals surface area contributed by atoms with E-state index in [1.54, 1.807) is 6.07 Å². The fourth-order valence-corrected chi connectivity index (χ4v) is 7.37. The van der Waals surface area contributed by atoms with E-state index in [0.717, 1.165) is 31.2 Å².